The van der Waals surface area contributed by atoms with Gasteiger partial charge in [-0.15, -0.1) is 5.10 Å². The van der Waals surface area contributed by atoms with Gasteiger partial charge in [0, 0.05) is 16.8 Å². The van der Waals surface area contributed by atoms with Gasteiger partial charge in [0.1, 0.15) is 35.8 Å². The molecule has 0 atom stereocenters. The van der Waals surface area contributed by atoms with Gasteiger partial charge in [0.15, 0.2) is 0 Å². The van der Waals surface area contributed by atoms with E-state index < -0.39 is 17.1 Å². The third-order valence-corrected chi connectivity index (χ3v) is 4.42. The predicted molar refractivity (Wildman–Crippen MR) is 106 cm³/mol. The number of tetrazole rings is 1. The number of nitrogens with one attached hydrogen (secondary N) is 1. The van der Waals surface area contributed by atoms with E-state index in [1.54, 1.807) is 30.3 Å². The second kappa shape index (κ2) is 8.13. The van der Waals surface area contributed by atoms with Gasteiger partial charge >= 0.3 is 5.97 Å². The summed E-state index contributed by atoms with van der Waals surface area (Å²) in [7, 11) is 0. The van der Waals surface area contributed by atoms with E-state index in [0.29, 0.717) is 22.0 Å². The van der Waals surface area contributed by atoms with Crippen molar-refractivity contribution in [2.45, 2.75) is 6.61 Å². The van der Waals surface area contributed by atoms with Crippen LogP contribution in [0.5, 0.6) is 5.75 Å². The highest BCUT2D eigenvalue weighted by atomic mass is 35.5. The van der Waals surface area contributed by atoms with E-state index in [1.807, 2.05) is 12.1 Å². The van der Waals surface area contributed by atoms with Crippen molar-refractivity contribution in [1.29, 1.82) is 0 Å². The Kier molecular flexibility index (Phi) is 5.22. The molecule has 2 N–H and O–H groups in total. The summed E-state index contributed by atoms with van der Waals surface area (Å²) >= 11 is 5.91. The Morgan fingerprint density at radius 3 is 2.67 bits per heavy atom. The maximum atomic E-state index is 12.0. The number of benzene rings is 2. The number of aromatic nitrogens is 6. The molecule has 0 spiro atoms. The number of aromatic carboxylic acids is 1. The van der Waals surface area contributed by atoms with Crippen LogP contribution in [0.4, 0.5) is 0 Å². The van der Waals surface area contributed by atoms with Crippen LogP contribution >= 0.6 is 11.6 Å². The van der Waals surface area contributed by atoms with E-state index in [0.717, 1.165) is 11.8 Å². The lowest BCUT2D eigenvalue weighted by Gasteiger charge is -2.12. The maximum Gasteiger partial charge on any atom is 0.342 e. The molecule has 0 aliphatic rings. The number of ether oxygens (including phenoxy) is 1. The van der Waals surface area contributed by atoms with Crippen LogP contribution in [-0.2, 0) is 6.61 Å². The molecule has 150 valence electrons. The van der Waals surface area contributed by atoms with Crippen LogP contribution in [0.1, 0.15) is 15.9 Å². The van der Waals surface area contributed by atoms with E-state index in [4.69, 9.17) is 21.4 Å². The number of rotatable bonds is 6. The van der Waals surface area contributed by atoms with Crippen molar-refractivity contribution in [3.63, 3.8) is 0 Å². The highest BCUT2D eigenvalue weighted by Gasteiger charge is 2.14. The first-order valence-electron chi connectivity index (χ1n) is 8.59. The minimum atomic E-state index is -1.35. The minimum absolute atomic E-state index is 0.198. The van der Waals surface area contributed by atoms with Crippen LogP contribution in [-0.4, -0.2) is 41.3 Å². The molecule has 0 radical (unpaired) electrons. The van der Waals surface area contributed by atoms with Crippen molar-refractivity contribution < 1.29 is 14.6 Å². The first-order chi connectivity index (χ1) is 14.5. The molecule has 11 heteroatoms. The van der Waals surface area contributed by atoms with Crippen molar-refractivity contribution in [3.8, 4) is 22.8 Å². The first-order valence-corrected chi connectivity index (χ1v) is 8.97. The molecule has 0 bridgehead atoms. The molecule has 2 aromatic carbocycles. The number of halogens is 1. The monoisotopic (exact) mass is 424 g/mol. The van der Waals surface area contributed by atoms with Crippen molar-refractivity contribution in [3.05, 3.63) is 81.5 Å². The van der Waals surface area contributed by atoms with Crippen LogP contribution in [0.25, 0.3) is 17.1 Å². The second-order valence-electron chi connectivity index (χ2n) is 6.13. The summed E-state index contributed by atoms with van der Waals surface area (Å²) < 4.78 is 7.33. The van der Waals surface area contributed by atoms with Gasteiger partial charge in [-0.1, -0.05) is 23.7 Å². The van der Waals surface area contributed by atoms with E-state index in [2.05, 4.69) is 25.5 Å². The SMILES string of the molecule is O=C(O)c1cnc(-c2ccc(OCc3ccc(Cl)cc3)c(-n3cnnn3)c2)[nH]c1=O. The lowest BCUT2D eigenvalue weighted by atomic mass is 10.1. The molecule has 0 saturated heterocycles. The van der Waals surface area contributed by atoms with Crippen LogP contribution in [0.3, 0.4) is 0 Å². The van der Waals surface area contributed by atoms with Gasteiger partial charge in [-0.05, 0) is 46.3 Å². The van der Waals surface area contributed by atoms with Crippen LogP contribution in [0.2, 0.25) is 5.02 Å². The lowest BCUT2D eigenvalue weighted by molar-refractivity contribution is 0.0694. The molecule has 0 saturated carbocycles. The van der Waals surface area contributed by atoms with Gasteiger partial charge in [0.25, 0.3) is 5.56 Å². The van der Waals surface area contributed by atoms with Crippen molar-refractivity contribution >= 4 is 17.6 Å². The molecule has 0 amide bonds. The van der Waals surface area contributed by atoms with E-state index in [-0.39, 0.29) is 12.4 Å². The summed E-state index contributed by atoms with van der Waals surface area (Å²) in [4.78, 5) is 29.5. The molecular weight excluding hydrogens is 412 g/mol. The molecular formula is C19H13ClN6O4. The number of H-pyrrole nitrogens is 1. The zero-order chi connectivity index (χ0) is 21.1. The van der Waals surface area contributed by atoms with E-state index in [9.17, 15) is 9.59 Å². The standard InChI is InChI=1S/C19H13ClN6O4/c20-13-4-1-11(2-5-13)9-30-16-6-3-12(7-15(16)26-10-22-24-25-26)17-21-8-14(19(28)29)18(27)23-17/h1-8,10H,9H2,(H,28,29)(H,21,23,27). The number of hydrogen-bond acceptors (Lipinski definition) is 7. The van der Waals surface area contributed by atoms with Gasteiger partial charge < -0.3 is 14.8 Å². The van der Waals surface area contributed by atoms with E-state index in [1.165, 1.54) is 11.0 Å². The van der Waals surface area contributed by atoms with Gasteiger partial charge in [-0.3, -0.25) is 4.79 Å². The summed E-state index contributed by atoms with van der Waals surface area (Å²) in [5, 5.41) is 20.8. The summed E-state index contributed by atoms with van der Waals surface area (Å²) in [6, 6.07) is 12.3. The second-order valence-corrected chi connectivity index (χ2v) is 6.57. The number of carboxylic acid groups (broad SMARTS) is 1. The maximum absolute atomic E-state index is 12.0. The molecule has 10 nitrogen and oxygen atoms in total. The Balaban J connectivity index is 1.69. The lowest BCUT2D eigenvalue weighted by Crippen LogP contribution is -2.18. The van der Waals surface area contributed by atoms with Gasteiger partial charge in [-0.2, -0.15) is 4.68 Å². The summed E-state index contributed by atoms with van der Waals surface area (Å²) in [6.07, 6.45) is 2.41. The highest BCUT2D eigenvalue weighted by Crippen LogP contribution is 2.28. The summed E-state index contributed by atoms with van der Waals surface area (Å²) in [5.74, 6) is -0.662. The molecule has 0 unspecified atom stereocenters. The fraction of sp³-hybridized carbons (Fsp3) is 0.0526. The number of nitrogens with zero attached hydrogens (tertiary/aromatic N) is 5. The first kappa shape index (κ1) is 19.3. The molecule has 4 aromatic rings. The van der Waals surface area contributed by atoms with Crippen molar-refractivity contribution in [1.82, 2.24) is 30.2 Å². The van der Waals surface area contributed by atoms with Gasteiger partial charge in [0.05, 0.1) is 0 Å². The quantitative estimate of drug-likeness (QED) is 0.481. The molecule has 0 aliphatic heterocycles. The third-order valence-electron chi connectivity index (χ3n) is 4.17. The molecule has 0 fully saturated rings. The average Bonchev–Trinajstić information content (AvgIpc) is 3.28. The Labute approximate surface area is 173 Å². The van der Waals surface area contributed by atoms with Crippen LogP contribution in [0.15, 0.2) is 59.8 Å². The van der Waals surface area contributed by atoms with Crippen molar-refractivity contribution in [2.75, 3.05) is 0 Å². The highest BCUT2D eigenvalue weighted by molar-refractivity contribution is 6.30. The normalized spacial score (nSPS) is 10.7. The molecule has 2 aromatic heterocycles. The van der Waals surface area contributed by atoms with Crippen molar-refractivity contribution in [2.24, 2.45) is 0 Å². The van der Waals surface area contributed by atoms with Crippen LogP contribution < -0.4 is 10.3 Å². The summed E-state index contributed by atoms with van der Waals surface area (Å²) in [5.41, 5.74) is 0.758. The Hall–Kier alpha value is -4.05. The minimum Gasteiger partial charge on any atom is -0.487 e. The Morgan fingerprint density at radius 1 is 1.20 bits per heavy atom. The van der Waals surface area contributed by atoms with Crippen LogP contribution in [0, 0.1) is 0 Å². The van der Waals surface area contributed by atoms with Gasteiger partial charge in [0.2, 0.25) is 0 Å². The summed E-state index contributed by atoms with van der Waals surface area (Å²) in [6.45, 7) is 0.286. The number of aromatic amines is 1. The third kappa shape index (κ3) is 4.03. The molecule has 0 aliphatic carbocycles. The zero-order valence-electron chi connectivity index (χ0n) is 15.2. The van der Waals surface area contributed by atoms with E-state index >= 15 is 0 Å². The Morgan fingerprint density at radius 2 is 2.00 bits per heavy atom. The number of carbonyl (C=O) groups is 1. The molecule has 2 heterocycles. The molecule has 30 heavy (non-hydrogen) atoms. The largest absolute Gasteiger partial charge is 0.487 e. The predicted octanol–water partition coefficient (Wildman–Crippen LogP) is 2.34. The fourth-order valence-corrected chi connectivity index (χ4v) is 2.80. The van der Waals surface area contributed by atoms with Gasteiger partial charge in [-0.25, -0.2) is 9.78 Å². The zero-order valence-corrected chi connectivity index (χ0v) is 15.9. The number of carboxylic acids is 1. The molecule has 4 rings (SSSR count). The Bertz CT molecular complexity index is 1260. The average molecular weight is 425 g/mol. The topological polar surface area (TPSA) is 136 Å². The number of hydrogen-bond donors (Lipinski definition) is 2. The smallest absolute Gasteiger partial charge is 0.342 e. The fourth-order valence-electron chi connectivity index (χ4n) is 2.67.